The average Bonchev–Trinajstić information content (AvgIpc) is 3.02. The zero-order valence-electron chi connectivity index (χ0n) is 14.4. The first-order chi connectivity index (χ1) is 13.1. The smallest absolute Gasteiger partial charge is 0.312 e. The van der Waals surface area contributed by atoms with Gasteiger partial charge in [-0.3, -0.25) is 4.78 Å². The van der Waals surface area contributed by atoms with Gasteiger partial charge in [-0.25, -0.2) is 17.9 Å². The first-order valence-corrected chi connectivity index (χ1v) is 9.63. The van der Waals surface area contributed by atoms with Crippen molar-refractivity contribution in [1.29, 1.82) is 4.78 Å². The van der Waals surface area contributed by atoms with Crippen LogP contribution in [-0.4, -0.2) is 24.1 Å². The molecule has 1 heterocycles. The molecule has 0 aliphatic carbocycles. The van der Waals surface area contributed by atoms with Crippen molar-refractivity contribution < 1.29 is 26.3 Å². The predicted molar refractivity (Wildman–Crippen MR) is 94.9 cm³/mol. The van der Waals surface area contributed by atoms with Crippen molar-refractivity contribution in [2.45, 2.75) is 30.4 Å². The standard InChI is InChI=1S/C18H17F6N3S/c19-12-6-11(7-13(20)9-12)14-3-1-2-10(17(14)21)8-16-15(4-5-26-16)27-28(25)18(22,23)24/h1-3,6-7,9,15-16,26H,4-5,8H2,(H2,25,27). The molecule has 1 aliphatic heterocycles. The van der Waals surface area contributed by atoms with E-state index in [-0.39, 0.29) is 23.1 Å². The van der Waals surface area contributed by atoms with Gasteiger partial charge in [0.2, 0.25) is 0 Å². The molecule has 1 aliphatic rings. The molecule has 2 aromatic carbocycles. The molecule has 0 amide bonds. The molecule has 28 heavy (non-hydrogen) atoms. The molecule has 3 nitrogen and oxygen atoms in total. The molecule has 10 heteroatoms. The first-order valence-electron chi connectivity index (χ1n) is 8.41. The highest BCUT2D eigenvalue weighted by Crippen LogP contribution is 2.28. The summed E-state index contributed by atoms with van der Waals surface area (Å²) in [5.41, 5.74) is -4.41. The molecule has 3 rings (SSSR count). The molecular formula is C18H17F6N3S. The number of halogens is 6. The van der Waals surface area contributed by atoms with Gasteiger partial charge in [0.15, 0.2) is 0 Å². The number of rotatable bonds is 5. The third kappa shape index (κ3) is 4.73. The minimum absolute atomic E-state index is 0.00828. The van der Waals surface area contributed by atoms with Crippen molar-refractivity contribution in [2.24, 2.45) is 0 Å². The van der Waals surface area contributed by atoms with E-state index in [0.29, 0.717) is 19.0 Å². The first kappa shape index (κ1) is 20.8. The quantitative estimate of drug-likeness (QED) is 0.625. The molecule has 0 aromatic heterocycles. The molecule has 3 unspecified atom stereocenters. The Morgan fingerprint density at radius 3 is 2.43 bits per heavy atom. The highest BCUT2D eigenvalue weighted by Gasteiger charge is 2.37. The molecule has 152 valence electrons. The van der Waals surface area contributed by atoms with E-state index in [4.69, 9.17) is 4.78 Å². The average molecular weight is 421 g/mol. The third-order valence-corrected chi connectivity index (χ3v) is 5.54. The van der Waals surface area contributed by atoms with Gasteiger partial charge in [0.1, 0.15) is 17.5 Å². The van der Waals surface area contributed by atoms with E-state index in [1.54, 1.807) is 0 Å². The second-order valence-corrected chi connectivity index (χ2v) is 7.78. The largest absolute Gasteiger partial charge is 0.465 e. The summed E-state index contributed by atoms with van der Waals surface area (Å²) in [6, 6.07) is 5.96. The zero-order chi connectivity index (χ0) is 20.5. The summed E-state index contributed by atoms with van der Waals surface area (Å²) in [4.78, 5) is 0. The van der Waals surface area contributed by atoms with Crippen LogP contribution in [0.4, 0.5) is 26.3 Å². The number of hydrogen-bond donors (Lipinski definition) is 3. The van der Waals surface area contributed by atoms with Gasteiger partial charge >= 0.3 is 5.51 Å². The van der Waals surface area contributed by atoms with Gasteiger partial charge in [-0.2, -0.15) is 13.2 Å². The molecule has 3 atom stereocenters. The summed E-state index contributed by atoms with van der Waals surface area (Å²) in [5.74, 6) is -2.35. The fourth-order valence-electron chi connectivity index (χ4n) is 3.25. The van der Waals surface area contributed by atoms with Crippen LogP contribution in [0.3, 0.4) is 0 Å². The van der Waals surface area contributed by atoms with Gasteiger partial charge in [-0.1, -0.05) is 18.2 Å². The van der Waals surface area contributed by atoms with Crippen LogP contribution < -0.4 is 10.0 Å². The topological polar surface area (TPSA) is 47.9 Å². The van der Waals surface area contributed by atoms with Gasteiger partial charge < -0.3 is 5.32 Å². The Balaban J connectivity index is 1.82. The molecule has 0 radical (unpaired) electrons. The summed E-state index contributed by atoms with van der Waals surface area (Å²) in [6.45, 7) is 0.438. The normalized spacial score (nSPS) is 21.1. The summed E-state index contributed by atoms with van der Waals surface area (Å²) in [6.07, 6.45) is 0.448. The Labute approximate surface area is 160 Å². The van der Waals surface area contributed by atoms with Gasteiger partial charge in [-0.05, 0) is 42.6 Å². The van der Waals surface area contributed by atoms with Crippen LogP contribution in [-0.2, 0) is 17.3 Å². The maximum absolute atomic E-state index is 14.9. The van der Waals surface area contributed by atoms with Gasteiger partial charge in [0.25, 0.3) is 0 Å². The van der Waals surface area contributed by atoms with Crippen molar-refractivity contribution in [3.63, 3.8) is 0 Å². The molecule has 2 aromatic rings. The van der Waals surface area contributed by atoms with Crippen molar-refractivity contribution in [3.05, 3.63) is 59.4 Å². The van der Waals surface area contributed by atoms with E-state index in [1.165, 1.54) is 18.2 Å². The lowest BCUT2D eigenvalue weighted by atomic mass is 9.96. The van der Waals surface area contributed by atoms with Crippen molar-refractivity contribution in [2.75, 3.05) is 6.54 Å². The summed E-state index contributed by atoms with van der Waals surface area (Å²) >= 11 is 0. The Kier molecular flexibility index (Phi) is 6.11. The molecule has 1 saturated heterocycles. The van der Waals surface area contributed by atoms with Gasteiger partial charge in [0.05, 0.1) is 10.9 Å². The summed E-state index contributed by atoms with van der Waals surface area (Å²) in [7, 11) is -2.72. The molecular weight excluding hydrogens is 404 g/mol. The SMILES string of the molecule is N=S(NC1CCNC1Cc1cccc(-c2cc(F)cc(F)c2)c1F)C(F)(F)F. The van der Waals surface area contributed by atoms with E-state index < -0.39 is 45.9 Å². The van der Waals surface area contributed by atoms with Crippen LogP contribution in [0.1, 0.15) is 12.0 Å². The van der Waals surface area contributed by atoms with E-state index >= 15 is 0 Å². The molecule has 0 spiro atoms. The fraction of sp³-hybridized carbons (Fsp3) is 0.333. The Hall–Kier alpha value is -1.91. The predicted octanol–water partition coefficient (Wildman–Crippen LogP) is 4.45. The highest BCUT2D eigenvalue weighted by atomic mass is 32.2. The molecule has 0 bridgehead atoms. The van der Waals surface area contributed by atoms with Crippen molar-refractivity contribution in [1.82, 2.24) is 10.0 Å². The minimum Gasteiger partial charge on any atom is -0.312 e. The van der Waals surface area contributed by atoms with Crippen LogP contribution in [0.5, 0.6) is 0 Å². The lowest BCUT2D eigenvalue weighted by Gasteiger charge is -2.23. The molecule has 1 fully saturated rings. The second-order valence-electron chi connectivity index (χ2n) is 6.47. The Bertz CT molecular complexity index is 866. The van der Waals surface area contributed by atoms with E-state index in [0.717, 1.165) is 12.1 Å². The van der Waals surface area contributed by atoms with Crippen LogP contribution in [0.2, 0.25) is 0 Å². The second kappa shape index (κ2) is 8.22. The fourth-order valence-corrected chi connectivity index (χ4v) is 3.97. The van der Waals surface area contributed by atoms with Crippen molar-refractivity contribution >= 4 is 10.9 Å². The van der Waals surface area contributed by atoms with Crippen LogP contribution in [0.15, 0.2) is 36.4 Å². The number of benzene rings is 2. The Morgan fingerprint density at radius 1 is 1.11 bits per heavy atom. The number of nitrogens with one attached hydrogen (secondary N) is 3. The zero-order valence-corrected chi connectivity index (χ0v) is 15.2. The Morgan fingerprint density at radius 2 is 1.79 bits per heavy atom. The maximum atomic E-state index is 14.9. The summed E-state index contributed by atoms with van der Waals surface area (Å²) in [5, 5.41) is 3.02. The van der Waals surface area contributed by atoms with Crippen LogP contribution >= 0.6 is 0 Å². The van der Waals surface area contributed by atoms with E-state index in [9.17, 15) is 26.3 Å². The van der Waals surface area contributed by atoms with Crippen molar-refractivity contribution in [3.8, 4) is 11.1 Å². The maximum Gasteiger partial charge on any atom is 0.465 e. The lowest BCUT2D eigenvalue weighted by molar-refractivity contribution is -0.0371. The van der Waals surface area contributed by atoms with Gasteiger partial charge in [-0.15, -0.1) is 0 Å². The molecule has 3 N–H and O–H groups in total. The number of alkyl halides is 3. The highest BCUT2D eigenvalue weighted by molar-refractivity contribution is 7.85. The van der Waals surface area contributed by atoms with E-state index in [2.05, 4.69) is 10.0 Å². The van der Waals surface area contributed by atoms with E-state index in [1.807, 2.05) is 0 Å². The third-order valence-electron chi connectivity index (χ3n) is 4.54. The lowest BCUT2D eigenvalue weighted by Crippen LogP contribution is -2.45. The minimum atomic E-state index is -4.67. The van der Waals surface area contributed by atoms with Crippen LogP contribution in [0, 0.1) is 22.2 Å². The number of hydrogen-bond acceptors (Lipinski definition) is 2. The van der Waals surface area contributed by atoms with Crippen LogP contribution in [0.25, 0.3) is 11.1 Å². The van der Waals surface area contributed by atoms with Gasteiger partial charge in [0, 0.05) is 23.7 Å². The monoisotopic (exact) mass is 421 g/mol. The molecule has 0 saturated carbocycles. The summed E-state index contributed by atoms with van der Waals surface area (Å²) < 4.78 is 89.3.